The fraction of sp³-hybridized carbons (Fsp3) is 0.471. The molecule has 0 radical (unpaired) electrons. The van der Waals surface area contributed by atoms with Crippen molar-refractivity contribution in [2.75, 3.05) is 17.7 Å². The van der Waals surface area contributed by atoms with Crippen molar-refractivity contribution in [1.82, 2.24) is 19.4 Å². The number of hydrogen-bond donors (Lipinski definition) is 3. The average molecular weight is 669 g/mol. The third-order valence-electron chi connectivity index (χ3n) is 9.02. The number of benzene rings is 2. The topological polar surface area (TPSA) is 122 Å². The van der Waals surface area contributed by atoms with Crippen molar-refractivity contribution in [3.05, 3.63) is 53.8 Å². The van der Waals surface area contributed by atoms with E-state index >= 15 is 0 Å². The number of anilines is 4. The highest BCUT2D eigenvalue weighted by atomic mass is 35.5. The van der Waals surface area contributed by atoms with Crippen LogP contribution in [0.2, 0.25) is 5.02 Å². The lowest BCUT2D eigenvalue weighted by Crippen LogP contribution is -2.58. The molecule has 12 heteroatoms. The van der Waals surface area contributed by atoms with Crippen molar-refractivity contribution in [1.29, 1.82) is 0 Å². The summed E-state index contributed by atoms with van der Waals surface area (Å²) in [6, 6.07) is 10.5. The Kier molecular flexibility index (Phi) is 9.00. The summed E-state index contributed by atoms with van der Waals surface area (Å²) in [7, 11) is -1.40. The highest BCUT2D eigenvalue weighted by molar-refractivity contribution is 7.92. The summed E-state index contributed by atoms with van der Waals surface area (Å²) in [6.45, 7) is 16.2. The third-order valence-corrected chi connectivity index (χ3v) is 11.5. The molecule has 10 nitrogen and oxygen atoms in total. The van der Waals surface area contributed by atoms with E-state index in [2.05, 4.69) is 60.2 Å². The molecule has 0 spiro atoms. The number of hydrogen-bond acceptors (Lipinski definition) is 9. The number of fused-ring (bicyclic) bond motifs is 1. The van der Waals surface area contributed by atoms with E-state index in [1.54, 1.807) is 38.1 Å². The number of rotatable bonds is 9. The molecule has 1 aliphatic rings. The Morgan fingerprint density at radius 1 is 1.02 bits per heavy atom. The fourth-order valence-corrected chi connectivity index (χ4v) is 7.66. The molecule has 2 aromatic heterocycles. The SMILES string of the molecule is CC(C)Oc1cc2cn(C3CC(C)(C)N(C)C(C)(C)C3)c(O)c2cc1Nc1ncc(Cl)c(Nc2ccccc2S(=O)(=O)C(C)C)n1. The minimum Gasteiger partial charge on any atom is -0.494 e. The average Bonchev–Trinajstić information content (AvgIpc) is 3.28. The smallest absolute Gasteiger partial charge is 0.229 e. The largest absolute Gasteiger partial charge is 0.494 e. The molecule has 0 amide bonds. The van der Waals surface area contributed by atoms with Crippen LogP contribution in [0.1, 0.15) is 74.3 Å². The standard InChI is InChI=1S/C34H45ClN6O4S/c1-20(2)45-28-14-22-19-41(23-16-33(5,6)40(9)34(7,8)17-23)31(42)24(22)15-27(28)38-32-36-18-25(35)30(39-32)37-26-12-10-11-13-29(26)46(43,44)21(3)4/h10-15,18-21,23,42H,16-17H2,1-9H3,(H2,36,37,38,39). The van der Waals surface area contributed by atoms with Crippen LogP contribution >= 0.6 is 11.6 Å². The zero-order valence-corrected chi connectivity index (χ0v) is 29.6. The molecular formula is C34H45ClN6O4S. The van der Waals surface area contributed by atoms with E-state index in [0.29, 0.717) is 22.5 Å². The first kappa shape index (κ1) is 33.8. The summed E-state index contributed by atoms with van der Waals surface area (Å²) < 4.78 is 34.2. The maximum atomic E-state index is 13.0. The first-order chi connectivity index (χ1) is 21.4. The molecule has 1 aliphatic heterocycles. The van der Waals surface area contributed by atoms with Crippen LogP contribution in [0.5, 0.6) is 11.6 Å². The summed E-state index contributed by atoms with van der Waals surface area (Å²) in [6.07, 6.45) is 5.10. The highest BCUT2D eigenvalue weighted by Gasteiger charge is 2.44. The van der Waals surface area contributed by atoms with Crippen LogP contribution in [-0.4, -0.2) is 62.4 Å². The summed E-state index contributed by atoms with van der Waals surface area (Å²) in [5, 5.41) is 19.0. The van der Waals surface area contributed by atoms with Crippen molar-refractivity contribution in [2.24, 2.45) is 0 Å². The first-order valence-electron chi connectivity index (χ1n) is 15.6. The van der Waals surface area contributed by atoms with E-state index in [-0.39, 0.29) is 50.8 Å². The van der Waals surface area contributed by atoms with E-state index in [0.717, 1.165) is 18.2 Å². The van der Waals surface area contributed by atoms with Gasteiger partial charge in [0, 0.05) is 34.1 Å². The zero-order chi connectivity index (χ0) is 33.8. The van der Waals surface area contributed by atoms with E-state index < -0.39 is 15.1 Å². The fourth-order valence-electron chi connectivity index (χ4n) is 6.32. The van der Waals surface area contributed by atoms with Gasteiger partial charge in [-0.15, -0.1) is 0 Å². The van der Waals surface area contributed by atoms with Gasteiger partial charge < -0.3 is 25.0 Å². The second-order valence-electron chi connectivity index (χ2n) is 13.9. The van der Waals surface area contributed by atoms with Gasteiger partial charge in [0.15, 0.2) is 21.5 Å². The molecule has 1 saturated heterocycles. The molecular weight excluding hydrogens is 624 g/mol. The molecule has 3 N–H and O–H groups in total. The van der Waals surface area contributed by atoms with Gasteiger partial charge in [0.2, 0.25) is 5.95 Å². The number of aromatic hydroxyl groups is 1. The lowest BCUT2D eigenvalue weighted by atomic mass is 9.77. The molecule has 248 valence electrons. The number of halogens is 1. The molecule has 4 aromatic rings. The van der Waals surface area contributed by atoms with Crippen LogP contribution in [0.3, 0.4) is 0 Å². The molecule has 0 unspecified atom stereocenters. The normalized spacial score (nSPS) is 17.1. The molecule has 2 aromatic carbocycles. The first-order valence-corrected chi connectivity index (χ1v) is 17.5. The van der Waals surface area contributed by atoms with E-state index in [1.807, 2.05) is 36.7 Å². The van der Waals surface area contributed by atoms with Crippen LogP contribution in [0, 0.1) is 0 Å². The van der Waals surface area contributed by atoms with Gasteiger partial charge in [0.05, 0.1) is 33.8 Å². The minimum absolute atomic E-state index is 0.0505. The molecule has 0 bridgehead atoms. The Balaban J connectivity index is 1.52. The quantitative estimate of drug-likeness (QED) is 0.162. The van der Waals surface area contributed by atoms with E-state index in [4.69, 9.17) is 16.3 Å². The number of nitrogens with zero attached hydrogens (tertiary/aromatic N) is 4. The van der Waals surface area contributed by atoms with Crippen molar-refractivity contribution in [3.63, 3.8) is 0 Å². The number of piperidine rings is 1. The van der Waals surface area contributed by atoms with Crippen molar-refractivity contribution in [3.8, 4) is 11.6 Å². The maximum absolute atomic E-state index is 13.0. The second kappa shape index (κ2) is 12.2. The van der Waals surface area contributed by atoms with Gasteiger partial charge >= 0.3 is 0 Å². The number of ether oxygens (including phenoxy) is 1. The van der Waals surface area contributed by atoms with Crippen molar-refractivity contribution >= 4 is 55.4 Å². The number of sulfone groups is 1. The molecule has 0 aliphatic carbocycles. The summed E-state index contributed by atoms with van der Waals surface area (Å²) in [5.41, 5.74) is 0.824. The summed E-state index contributed by atoms with van der Waals surface area (Å²) in [5.74, 6) is 1.21. The molecule has 5 rings (SSSR count). The predicted octanol–water partition coefficient (Wildman–Crippen LogP) is 8.07. The lowest BCUT2D eigenvalue weighted by Gasteiger charge is -2.54. The monoisotopic (exact) mass is 668 g/mol. The van der Waals surface area contributed by atoms with Crippen LogP contribution < -0.4 is 15.4 Å². The zero-order valence-electron chi connectivity index (χ0n) is 28.0. The second-order valence-corrected chi connectivity index (χ2v) is 16.8. The Hall–Kier alpha value is -3.54. The molecule has 0 atom stereocenters. The third kappa shape index (κ3) is 6.50. The van der Waals surface area contributed by atoms with Gasteiger partial charge in [-0.2, -0.15) is 4.98 Å². The Labute approximate surface area is 277 Å². The highest BCUT2D eigenvalue weighted by Crippen LogP contribution is 2.46. The van der Waals surface area contributed by atoms with Crippen LogP contribution in [0.25, 0.3) is 10.8 Å². The van der Waals surface area contributed by atoms with Crippen LogP contribution in [-0.2, 0) is 9.84 Å². The molecule has 1 fully saturated rings. The van der Waals surface area contributed by atoms with Crippen molar-refractivity contribution in [2.45, 2.75) is 102 Å². The number of likely N-dealkylation sites (tertiary alicyclic amines) is 1. The van der Waals surface area contributed by atoms with Crippen molar-refractivity contribution < 1.29 is 18.3 Å². The van der Waals surface area contributed by atoms with E-state index in [1.165, 1.54) is 6.20 Å². The van der Waals surface area contributed by atoms with Gasteiger partial charge in [-0.3, -0.25) is 4.90 Å². The van der Waals surface area contributed by atoms with Gasteiger partial charge in [-0.05, 0) is 99.5 Å². The summed E-state index contributed by atoms with van der Waals surface area (Å²) >= 11 is 6.47. The van der Waals surface area contributed by atoms with Gasteiger partial charge in [-0.1, -0.05) is 23.7 Å². The maximum Gasteiger partial charge on any atom is 0.229 e. The number of aromatic nitrogens is 3. The van der Waals surface area contributed by atoms with Gasteiger partial charge in [0.1, 0.15) is 10.8 Å². The minimum atomic E-state index is -3.57. The number of nitrogens with one attached hydrogen (secondary N) is 2. The molecule has 0 saturated carbocycles. The van der Waals surface area contributed by atoms with Gasteiger partial charge in [0.25, 0.3) is 0 Å². The predicted molar refractivity (Wildman–Crippen MR) is 186 cm³/mol. The Bertz CT molecular complexity index is 1850. The van der Waals surface area contributed by atoms with Crippen LogP contribution in [0.15, 0.2) is 53.7 Å². The lowest BCUT2D eigenvalue weighted by molar-refractivity contribution is -0.0270. The van der Waals surface area contributed by atoms with Gasteiger partial charge in [-0.25, -0.2) is 13.4 Å². The van der Waals surface area contributed by atoms with E-state index in [9.17, 15) is 13.5 Å². The molecule has 3 heterocycles. The van der Waals surface area contributed by atoms with Crippen LogP contribution in [0.4, 0.5) is 23.1 Å². The molecule has 46 heavy (non-hydrogen) atoms. The summed E-state index contributed by atoms with van der Waals surface area (Å²) in [4.78, 5) is 11.5. The Morgan fingerprint density at radius 2 is 1.67 bits per heavy atom. The number of para-hydroxylation sites is 1. The Morgan fingerprint density at radius 3 is 2.30 bits per heavy atom.